The molecule has 0 aliphatic rings. The third-order valence-corrected chi connectivity index (χ3v) is 5.09. The topological polar surface area (TPSA) is 80.3 Å². The fourth-order valence-corrected chi connectivity index (χ4v) is 3.60. The lowest BCUT2D eigenvalue weighted by Gasteiger charge is -2.14. The first kappa shape index (κ1) is 22.5. The van der Waals surface area contributed by atoms with Gasteiger partial charge in [-0.25, -0.2) is 4.79 Å². The van der Waals surface area contributed by atoms with E-state index in [1.165, 1.54) is 47.5 Å². The van der Waals surface area contributed by atoms with Gasteiger partial charge in [-0.3, -0.25) is 18.5 Å². The Bertz CT molecular complexity index is 1470. The van der Waals surface area contributed by atoms with Crippen LogP contribution in [0.15, 0.2) is 58.1 Å². The molecular formula is C22H19ClF2N4O4. The van der Waals surface area contributed by atoms with E-state index in [-0.39, 0.29) is 35.2 Å². The second kappa shape index (κ2) is 8.36. The van der Waals surface area contributed by atoms with Crippen molar-refractivity contribution in [2.24, 2.45) is 14.1 Å². The average Bonchev–Trinajstić information content (AvgIpc) is 3.08. The van der Waals surface area contributed by atoms with Crippen molar-refractivity contribution in [3.8, 4) is 17.5 Å². The third kappa shape index (κ3) is 4.61. The Morgan fingerprint density at radius 3 is 2.42 bits per heavy atom. The summed E-state index contributed by atoms with van der Waals surface area (Å²) in [5, 5.41) is 0.505. The average molecular weight is 477 g/mol. The fraction of sp³-hybridized carbons (Fsp3) is 0.227. The molecule has 2 aromatic heterocycles. The number of nitrogens with zero attached hydrogens (tertiary/aromatic N) is 4. The van der Waals surface area contributed by atoms with Gasteiger partial charge in [-0.15, -0.1) is 0 Å². The Balaban J connectivity index is 1.86. The lowest BCUT2D eigenvalue weighted by Crippen LogP contribution is -2.37. The molecule has 0 saturated carbocycles. The second-order valence-corrected chi connectivity index (χ2v) is 7.91. The molecular weight excluding hydrogens is 458 g/mol. The number of fused-ring (bicyclic) bond motifs is 1. The van der Waals surface area contributed by atoms with Crippen LogP contribution in [0.1, 0.15) is 12.5 Å². The Kier molecular flexibility index (Phi) is 5.71. The van der Waals surface area contributed by atoms with E-state index in [0.717, 1.165) is 10.1 Å². The highest BCUT2D eigenvalue weighted by molar-refractivity contribution is 6.30. The number of rotatable bonds is 6. The van der Waals surface area contributed by atoms with Crippen molar-refractivity contribution in [2.75, 3.05) is 0 Å². The molecule has 2 heterocycles. The predicted molar refractivity (Wildman–Crippen MR) is 119 cm³/mol. The molecule has 0 aliphatic carbocycles. The number of aromatic nitrogens is 4. The molecule has 4 rings (SSSR count). The Morgan fingerprint density at radius 2 is 1.73 bits per heavy atom. The van der Waals surface area contributed by atoms with Crippen molar-refractivity contribution in [3.63, 3.8) is 0 Å². The number of imidazole rings is 1. The first-order chi connectivity index (χ1) is 15.5. The van der Waals surface area contributed by atoms with Crippen LogP contribution in [0.5, 0.6) is 17.5 Å². The van der Waals surface area contributed by atoms with Crippen LogP contribution >= 0.6 is 11.6 Å². The summed E-state index contributed by atoms with van der Waals surface area (Å²) in [7, 11) is 2.86. The summed E-state index contributed by atoms with van der Waals surface area (Å²) in [6.07, 6.45) is -3.37. The molecule has 0 radical (unpaired) electrons. The van der Waals surface area contributed by atoms with Gasteiger partial charge >= 0.3 is 17.8 Å². The molecule has 8 nitrogen and oxygen atoms in total. The maximum absolute atomic E-state index is 13.3. The van der Waals surface area contributed by atoms with E-state index in [1.807, 2.05) is 6.07 Å². The standard InChI is InChI=1S/C22H19ClF2N4O4/c1-22(24,25)33-16-9-5-8-15(11-16)32-20-26-18-17(19(30)28(3)21(31)27(18)2)29(20)12-13-6-4-7-14(23)10-13/h4-11H,12H2,1-3H3. The fourth-order valence-electron chi connectivity index (χ4n) is 3.38. The van der Waals surface area contributed by atoms with E-state index >= 15 is 0 Å². The highest BCUT2D eigenvalue weighted by atomic mass is 35.5. The van der Waals surface area contributed by atoms with Crippen LogP contribution in [0.3, 0.4) is 0 Å². The molecule has 0 N–H and O–H groups in total. The van der Waals surface area contributed by atoms with Gasteiger partial charge in [-0.2, -0.15) is 13.8 Å². The summed E-state index contributed by atoms with van der Waals surface area (Å²) in [6.45, 7) is 0.782. The van der Waals surface area contributed by atoms with Crippen LogP contribution in [0.2, 0.25) is 5.02 Å². The van der Waals surface area contributed by atoms with Gasteiger partial charge in [0.1, 0.15) is 11.5 Å². The van der Waals surface area contributed by atoms with Crippen molar-refractivity contribution in [3.05, 3.63) is 80.0 Å². The molecule has 0 amide bonds. The number of ether oxygens (including phenoxy) is 2. The van der Waals surface area contributed by atoms with Gasteiger partial charge in [0.25, 0.3) is 5.56 Å². The van der Waals surface area contributed by atoms with Gasteiger partial charge in [0.15, 0.2) is 11.2 Å². The zero-order valence-electron chi connectivity index (χ0n) is 17.9. The first-order valence-corrected chi connectivity index (χ1v) is 10.2. The van der Waals surface area contributed by atoms with E-state index in [0.29, 0.717) is 11.9 Å². The van der Waals surface area contributed by atoms with Gasteiger partial charge in [0.05, 0.1) is 6.54 Å². The Hall–Kier alpha value is -3.66. The molecule has 33 heavy (non-hydrogen) atoms. The van der Waals surface area contributed by atoms with Gasteiger partial charge < -0.3 is 9.47 Å². The minimum Gasteiger partial charge on any atom is -0.433 e. The summed E-state index contributed by atoms with van der Waals surface area (Å²) >= 11 is 6.10. The quantitative estimate of drug-likeness (QED) is 0.421. The maximum Gasteiger partial charge on any atom is 0.394 e. The molecule has 4 aromatic rings. The number of halogens is 3. The molecule has 0 unspecified atom stereocenters. The molecule has 0 spiro atoms. The Labute approximate surface area is 191 Å². The van der Waals surface area contributed by atoms with Crippen LogP contribution in [0, 0.1) is 0 Å². The minimum absolute atomic E-state index is 0.0105. The number of hydrogen-bond donors (Lipinski definition) is 0. The van der Waals surface area contributed by atoms with Gasteiger partial charge in [0.2, 0.25) is 0 Å². The number of aryl methyl sites for hydroxylation is 1. The first-order valence-electron chi connectivity index (χ1n) is 9.79. The van der Waals surface area contributed by atoms with Gasteiger partial charge in [-0.1, -0.05) is 29.8 Å². The van der Waals surface area contributed by atoms with E-state index in [1.54, 1.807) is 18.2 Å². The monoisotopic (exact) mass is 476 g/mol. The van der Waals surface area contributed by atoms with Crippen LogP contribution in [-0.4, -0.2) is 24.8 Å². The van der Waals surface area contributed by atoms with Crippen molar-refractivity contribution < 1.29 is 18.3 Å². The SMILES string of the molecule is Cn1c(=O)c2c(nc(Oc3cccc(OC(C)(F)F)c3)n2Cc2cccc(Cl)c2)n(C)c1=O. The molecule has 0 bridgehead atoms. The van der Waals surface area contributed by atoms with Crippen molar-refractivity contribution in [1.29, 1.82) is 0 Å². The lowest BCUT2D eigenvalue weighted by molar-refractivity contribution is -0.158. The highest BCUT2D eigenvalue weighted by Gasteiger charge is 2.24. The number of hydrogen-bond acceptors (Lipinski definition) is 5. The smallest absolute Gasteiger partial charge is 0.394 e. The predicted octanol–water partition coefficient (Wildman–Crippen LogP) is 3.92. The lowest BCUT2D eigenvalue weighted by atomic mass is 10.2. The van der Waals surface area contributed by atoms with Crippen molar-refractivity contribution >= 4 is 22.8 Å². The van der Waals surface area contributed by atoms with E-state index in [2.05, 4.69) is 9.72 Å². The highest BCUT2D eigenvalue weighted by Crippen LogP contribution is 2.29. The van der Waals surface area contributed by atoms with Gasteiger partial charge in [0, 0.05) is 32.1 Å². The minimum atomic E-state index is -3.37. The Morgan fingerprint density at radius 1 is 1.03 bits per heavy atom. The van der Waals surface area contributed by atoms with E-state index < -0.39 is 17.4 Å². The number of benzene rings is 2. The molecule has 0 atom stereocenters. The summed E-state index contributed by atoms with van der Waals surface area (Å²) in [5.41, 5.74) is -0.0906. The zero-order chi connectivity index (χ0) is 23.9. The normalized spacial score (nSPS) is 11.7. The largest absolute Gasteiger partial charge is 0.433 e. The van der Waals surface area contributed by atoms with Crippen molar-refractivity contribution in [2.45, 2.75) is 19.6 Å². The number of alkyl halides is 2. The zero-order valence-corrected chi connectivity index (χ0v) is 18.6. The van der Waals surface area contributed by atoms with Crippen LogP contribution in [-0.2, 0) is 20.6 Å². The maximum atomic E-state index is 13.3. The summed E-state index contributed by atoms with van der Waals surface area (Å²) in [5.74, 6) is 0.0436. The van der Waals surface area contributed by atoms with Gasteiger partial charge in [-0.05, 0) is 29.8 Å². The second-order valence-electron chi connectivity index (χ2n) is 7.48. The van der Waals surface area contributed by atoms with Crippen LogP contribution in [0.25, 0.3) is 11.2 Å². The van der Waals surface area contributed by atoms with Crippen LogP contribution in [0.4, 0.5) is 8.78 Å². The van der Waals surface area contributed by atoms with E-state index in [9.17, 15) is 18.4 Å². The summed E-state index contributed by atoms with van der Waals surface area (Å²) in [4.78, 5) is 29.7. The summed E-state index contributed by atoms with van der Waals surface area (Å²) in [6, 6.07) is 12.6. The molecule has 2 aromatic carbocycles. The molecule has 0 aliphatic heterocycles. The van der Waals surface area contributed by atoms with Crippen LogP contribution < -0.4 is 20.7 Å². The molecule has 172 valence electrons. The van der Waals surface area contributed by atoms with E-state index in [4.69, 9.17) is 16.3 Å². The molecule has 0 saturated heterocycles. The third-order valence-electron chi connectivity index (χ3n) is 4.85. The molecule has 11 heteroatoms. The van der Waals surface area contributed by atoms with Crippen molar-refractivity contribution in [1.82, 2.24) is 18.7 Å². The summed E-state index contributed by atoms with van der Waals surface area (Å²) < 4.78 is 40.7. The molecule has 0 fully saturated rings.